The zero-order chi connectivity index (χ0) is 11.4. The van der Waals surface area contributed by atoms with Crippen LogP contribution in [-0.4, -0.2) is 16.3 Å². The first-order valence-electron chi connectivity index (χ1n) is 5.46. The number of aromatic nitrogens is 2. The highest BCUT2D eigenvalue weighted by molar-refractivity contribution is 5.28. The average molecular weight is 207 g/mol. The Bertz CT molecular complexity index is 339. The summed E-state index contributed by atoms with van der Waals surface area (Å²) in [5, 5.41) is 7.91. The minimum atomic E-state index is 0.348. The van der Waals surface area contributed by atoms with Crippen molar-refractivity contribution >= 4 is 0 Å². The van der Waals surface area contributed by atoms with Gasteiger partial charge in [-0.3, -0.25) is 4.68 Å². The molecule has 0 bridgehead atoms. The molecule has 0 fully saturated rings. The maximum atomic E-state index is 4.44. The standard InChI is InChI=1S/C12H21N3/c1-6-8-11(13-7-2)12-9(3)14-15(5)10(12)4/h6,11,13H,1,7-8H2,2-5H3. The number of rotatable bonds is 5. The van der Waals surface area contributed by atoms with Crippen molar-refractivity contribution in [3.05, 3.63) is 29.6 Å². The molecule has 1 N–H and O–H groups in total. The maximum Gasteiger partial charge on any atom is 0.0644 e. The Morgan fingerprint density at radius 3 is 2.60 bits per heavy atom. The first-order valence-corrected chi connectivity index (χ1v) is 5.46. The summed E-state index contributed by atoms with van der Waals surface area (Å²) in [6.07, 6.45) is 2.90. The highest BCUT2D eigenvalue weighted by atomic mass is 15.3. The molecule has 1 aromatic heterocycles. The molecule has 1 unspecified atom stereocenters. The molecule has 0 saturated carbocycles. The molecule has 3 heteroatoms. The van der Waals surface area contributed by atoms with E-state index in [-0.39, 0.29) is 0 Å². The SMILES string of the molecule is C=CCC(NCC)c1c(C)nn(C)c1C. The van der Waals surface area contributed by atoms with Gasteiger partial charge < -0.3 is 5.32 Å². The van der Waals surface area contributed by atoms with Gasteiger partial charge in [0.1, 0.15) is 0 Å². The maximum absolute atomic E-state index is 4.44. The Kier molecular flexibility index (Phi) is 4.09. The van der Waals surface area contributed by atoms with Crippen LogP contribution in [-0.2, 0) is 7.05 Å². The molecular weight excluding hydrogens is 186 g/mol. The monoisotopic (exact) mass is 207 g/mol. The zero-order valence-corrected chi connectivity index (χ0v) is 10.2. The van der Waals surface area contributed by atoms with Gasteiger partial charge in [-0.2, -0.15) is 5.10 Å². The number of aryl methyl sites for hydroxylation is 2. The van der Waals surface area contributed by atoms with Crippen LogP contribution in [0, 0.1) is 13.8 Å². The summed E-state index contributed by atoms with van der Waals surface area (Å²) in [5.74, 6) is 0. The molecule has 15 heavy (non-hydrogen) atoms. The second-order valence-electron chi connectivity index (χ2n) is 3.84. The lowest BCUT2D eigenvalue weighted by atomic mass is 10.0. The van der Waals surface area contributed by atoms with Crippen LogP contribution in [0.1, 0.15) is 36.3 Å². The van der Waals surface area contributed by atoms with Crippen LogP contribution in [0.4, 0.5) is 0 Å². The number of nitrogens with one attached hydrogen (secondary N) is 1. The molecule has 84 valence electrons. The highest BCUT2D eigenvalue weighted by Gasteiger charge is 2.17. The Morgan fingerprint density at radius 2 is 2.20 bits per heavy atom. The molecule has 0 amide bonds. The number of hydrogen-bond acceptors (Lipinski definition) is 2. The zero-order valence-electron chi connectivity index (χ0n) is 10.2. The van der Waals surface area contributed by atoms with Crippen LogP contribution < -0.4 is 5.32 Å². The van der Waals surface area contributed by atoms with Crippen LogP contribution in [0.5, 0.6) is 0 Å². The van der Waals surface area contributed by atoms with Crippen molar-refractivity contribution in [1.82, 2.24) is 15.1 Å². The second kappa shape index (κ2) is 5.12. The quantitative estimate of drug-likeness (QED) is 0.751. The van der Waals surface area contributed by atoms with E-state index in [2.05, 4.69) is 37.8 Å². The van der Waals surface area contributed by atoms with Crippen molar-refractivity contribution < 1.29 is 0 Å². The number of nitrogens with zero attached hydrogens (tertiary/aromatic N) is 2. The van der Waals surface area contributed by atoms with E-state index in [0.29, 0.717) is 6.04 Å². The number of hydrogen-bond donors (Lipinski definition) is 1. The van der Waals surface area contributed by atoms with Gasteiger partial charge in [-0.05, 0) is 26.8 Å². The molecule has 0 spiro atoms. The van der Waals surface area contributed by atoms with Gasteiger partial charge in [-0.1, -0.05) is 13.0 Å². The lowest BCUT2D eigenvalue weighted by molar-refractivity contribution is 0.553. The summed E-state index contributed by atoms with van der Waals surface area (Å²) in [5.41, 5.74) is 3.67. The molecule has 0 aliphatic carbocycles. The summed E-state index contributed by atoms with van der Waals surface area (Å²) in [4.78, 5) is 0. The van der Waals surface area contributed by atoms with Crippen molar-refractivity contribution in [2.24, 2.45) is 7.05 Å². The van der Waals surface area contributed by atoms with Gasteiger partial charge >= 0.3 is 0 Å². The van der Waals surface area contributed by atoms with Gasteiger partial charge in [0, 0.05) is 24.3 Å². The third-order valence-corrected chi connectivity index (χ3v) is 2.77. The van der Waals surface area contributed by atoms with Crippen molar-refractivity contribution in [2.75, 3.05) is 6.54 Å². The van der Waals surface area contributed by atoms with E-state index in [4.69, 9.17) is 0 Å². The summed E-state index contributed by atoms with van der Waals surface area (Å²) in [6.45, 7) is 11.1. The summed E-state index contributed by atoms with van der Waals surface area (Å²) < 4.78 is 1.94. The Labute approximate surface area is 92.2 Å². The van der Waals surface area contributed by atoms with Crippen LogP contribution in [0.2, 0.25) is 0 Å². The summed E-state index contributed by atoms with van der Waals surface area (Å²) >= 11 is 0. The van der Waals surface area contributed by atoms with Gasteiger partial charge in [0.2, 0.25) is 0 Å². The summed E-state index contributed by atoms with van der Waals surface area (Å²) in [7, 11) is 1.99. The van der Waals surface area contributed by atoms with Crippen LogP contribution in [0.15, 0.2) is 12.7 Å². The molecule has 0 radical (unpaired) electrons. The normalized spacial score (nSPS) is 12.8. The first kappa shape index (κ1) is 12.0. The Balaban J connectivity index is 3.03. The van der Waals surface area contributed by atoms with E-state index < -0.39 is 0 Å². The first-order chi connectivity index (χ1) is 7.11. The van der Waals surface area contributed by atoms with Crippen LogP contribution in [0.25, 0.3) is 0 Å². The Morgan fingerprint density at radius 1 is 1.53 bits per heavy atom. The van der Waals surface area contributed by atoms with E-state index >= 15 is 0 Å². The fourth-order valence-electron chi connectivity index (χ4n) is 2.01. The minimum Gasteiger partial charge on any atom is -0.310 e. The molecule has 1 aromatic rings. The van der Waals surface area contributed by atoms with Crippen LogP contribution in [0.3, 0.4) is 0 Å². The van der Waals surface area contributed by atoms with Gasteiger partial charge in [-0.15, -0.1) is 6.58 Å². The van der Waals surface area contributed by atoms with E-state index in [1.54, 1.807) is 0 Å². The van der Waals surface area contributed by atoms with Gasteiger partial charge in [0.25, 0.3) is 0 Å². The lowest BCUT2D eigenvalue weighted by Gasteiger charge is -2.16. The van der Waals surface area contributed by atoms with E-state index in [0.717, 1.165) is 18.7 Å². The van der Waals surface area contributed by atoms with E-state index in [1.165, 1.54) is 11.3 Å². The third-order valence-electron chi connectivity index (χ3n) is 2.77. The van der Waals surface area contributed by atoms with Crippen molar-refractivity contribution in [2.45, 2.75) is 33.2 Å². The topological polar surface area (TPSA) is 29.9 Å². The average Bonchev–Trinajstić information content (AvgIpc) is 2.41. The van der Waals surface area contributed by atoms with Gasteiger partial charge in [0.05, 0.1) is 5.69 Å². The molecule has 0 saturated heterocycles. The van der Waals surface area contributed by atoms with E-state index in [1.807, 2.05) is 17.8 Å². The molecule has 0 aliphatic heterocycles. The van der Waals surface area contributed by atoms with E-state index in [9.17, 15) is 0 Å². The smallest absolute Gasteiger partial charge is 0.0644 e. The Hall–Kier alpha value is -1.09. The predicted octanol–water partition coefficient (Wildman–Crippen LogP) is 2.26. The summed E-state index contributed by atoms with van der Waals surface area (Å²) in [6, 6.07) is 0.348. The fraction of sp³-hybridized carbons (Fsp3) is 0.583. The van der Waals surface area contributed by atoms with Gasteiger partial charge in [0.15, 0.2) is 0 Å². The molecule has 0 aliphatic rings. The largest absolute Gasteiger partial charge is 0.310 e. The predicted molar refractivity (Wildman–Crippen MR) is 63.9 cm³/mol. The van der Waals surface area contributed by atoms with Crippen molar-refractivity contribution in [3.63, 3.8) is 0 Å². The molecule has 0 aromatic carbocycles. The molecule has 3 nitrogen and oxygen atoms in total. The molecular formula is C12H21N3. The van der Waals surface area contributed by atoms with Crippen molar-refractivity contribution in [3.8, 4) is 0 Å². The highest BCUT2D eigenvalue weighted by Crippen LogP contribution is 2.23. The third kappa shape index (κ3) is 2.48. The molecule has 1 rings (SSSR count). The molecule has 1 atom stereocenters. The fourth-order valence-corrected chi connectivity index (χ4v) is 2.01. The molecule has 1 heterocycles. The minimum absolute atomic E-state index is 0.348. The van der Waals surface area contributed by atoms with Crippen molar-refractivity contribution in [1.29, 1.82) is 0 Å². The second-order valence-corrected chi connectivity index (χ2v) is 3.84. The van der Waals surface area contributed by atoms with Gasteiger partial charge in [-0.25, -0.2) is 0 Å². The van der Waals surface area contributed by atoms with Crippen LogP contribution >= 0.6 is 0 Å². The lowest BCUT2D eigenvalue weighted by Crippen LogP contribution is -2.21.